The highest BCUT2D eigenvalue weighted by molar-refractivity contribution is 7.89. The molecular weight excluding hydrogens is 334 g/mol. The summed E-state index contributed by atoms with van der Waals surface area (Å²) in [6.07, 6.45) is 1.84. The van der Waals surface area contributed by atoms with Crippen molar-refractivity contribution in [2.24, 2.45) is 5.92 Å². The molecule has 1 aliphatic heterocycles. The molecule has 0 spiro atoms. The van der Waals surface area contributed by atoms with Gasteiger partial charge >= 0.3 is 0 Å². The first-order chi connectivity index (χ1) is 11.3. The molecule has 9 heteroatoms. The Kier molecular flexibility index (Phi) is 4.31. The van der Waals surface area contributed by atoms with Crippen molar-refractivity contribution in [3.63, 3.8) is 0 Å². The fourth-order valence-electron chi connectivity index (χ4n) is 2.83. The van der Waals surface area contributed by atoms with Gasteiger partial charge in [0.05, 0.1) is 9.82 Å². The number of rotatable bonds is 4. The Morgan fingerprint density at radius 3 is 2.38 bits per heavy atom. The number of benzene rings is 1. The average Bonchev–Trinajstić information content (AvgIpc) is 3.39. The van der Waals surface area contributed by atoms with Crippen molar-refractivity contribution in [1.29, 1.82) is 0 Å². The molecule has 0 aromatic heterocycles. The summed E-state index contributed by atoms with van der Waals surface area (Å²) in [6, 6.07) is 3.93. The lowest BCUT2D eigenvalue weighted by Gasteiger charge is -2.34. The maximum atomic E-state index is 12.7. The smallest absolute Gasteiger partial charge is 0.273 e. The molecule has 1 aromatic carbocycles. The van der Waals surface area contributed by atoms with E-state index in [0.717, 1.165) is 18.9 Å². The van der Waals surface area contributed by atoms with Crippen LogP contribution in [0, 0.1) is 23.0 Å². The van der Waals surface area contributed by atoms with Crippen molar-refractivity contribution in [3.8, 4) is 0 Å². The van der Waals surface area contributed by atoms with Gasteiger partial charge in [0.2, 0.25) is 15.9 Å². The van der Waals surface area contributed by atoms with Gasteiger partial charge in [-0.15, -0.1) is 0 Å². The number of nitrogens with zero attached hydrogens (tertiary/aromatic N) is 3. The molecule has 0 atom stereocenters. The van der Waals surface area contributed by atoms with E-state index in [1.165, 1.54) is 16.4 Å². The summed E-state index contributed by atoms with van der Waals surface area (Å²) >= 11 is 0. The van der Waals surface area contributed by atoms with Gasteiger partial charge in [-0.3, -0.25) is 14.9 Å². The van der Waals surface area contributed by atoms with Crippen molar-refractivity contribution in [1.82, 2.24) is 9.21 Å². The standard InChI is InChI=1S/C15H19N3O5S/c1-11-2-5-13(10-14(11)18(20)21)24(22,23)17-8-6-16(7-9-17)15(19)12-3-4-12/h2,5,10,12H,3-4,6-9H2,1H3. The molecule has 1 aliphatic carbocycles. The summed E-state index contributed by atoms with van der Waals surface area (Å²) in [4.78, 5) is 24.1. The maximum Gasteiger partial charge on any atom is 0.273 e. The largest absolute Gasteiger partial charge is 0.340 e. The summed E-state index contributed by atoms with van der Waals surface area (Å²) in [6.45, 7) is 2.72. The summed E-state index contributed by atoms with van der Waals surface area (Å²) in [5.74, 6) is 0.228. The number of carbonyl (C=O) groups excluding carboxylic acids is 1. The Labute approximate surface area is 140 Å². The molecule has 130 valence electrons. The number of sulfonamides is 1. The van der Waals surface area contributed by atoms with Crippen LogP contribution >= 0.6 is 0 Å². The Morgan fingerprint density at radius 1 is 1.21 bits per heavy atom. The van der Waals surface area contributed by atoms with Crippen LogP contribution in [0.15, 0.2) is 23.1 Å². The van der Waals surface area contributed by atoms with Crippen LogP contribution < -0.4 is 0 Å². The minimum absolute atomic E-state index is 0.0817. The third-order valence-corrected chi connectivity index (χ3v) is 6.39. The average molecular weight is 353 g/mol. The van der Waals surface area contributed by atoms with Crippen LogP contribution in [0.3, 0.4) is 0 Å². The molecule has 0 unspecified atom stereocenters. The summed E-state index contributed by atoms with van der Waals surface area (Å²) < 4.78 is 26.7. The lowest BCUT2D eigenvalue weighted by Crippen LogP contribution is -2.50. The number of nitro benzene ring substituents is 1. The van der Waals surface area contributed by atoms with Gasteiger partial charge in [0.15, 0.2) is 0 Å². The Hall–Kier alpha value is -2.00. The lowest BCUT2D eigenvalue weighted by molar-refractivity contribution is -0.385. The highest BCUT2D eigenvalue weighted by Gasteiger charge is 2.37. The Morgan fingerprint density at radius 2 is 1.83 bits per heavy atom. The van der Waals surface area contributed by atoms with Crippen molar-refractivity contribution in [2.45, 2.75) is 24.7 Å². The van der Waals surface area contributed by atoms with Gasteiger partial charge < -0.3 is 4.90 Å². The zero-order valence-electron chi connectivity index (χ0n) is 13.3. The van der Waals surface area contributed by atoms with E-state index in [1.807, 2.05) is 0 Å². The van der Waals surface area contributed by atoms with Gasteiger partial charge in [0, 0.05) is 43.7 Å². The van der Waals surface area contributed by atoms with Gasteiger partial charge in [0.1, 0.15) is 0 Å². The van der Waals surface area contributed by atoms with Crippen LogP contribution in [0.1, 0.15) is 18.4 Å². The maximum absolute atomic E-state index is 12.7. The van der Waals surface area contributed by atoms with Crippen LogP contribution in [0.25, 0.3) is 0 Å². The first kappa shape index (κ1) is 16.8. The molecule has 1 amide bonds. The van der Waals surface area contributed by atoms with Gasteiger partial charge in [-0.2, -0.15) is 4.31 Å². The quantitative estimate of drug-likeness (QED) is 0.597. The van der Waals surface area contributed by atoms with E-state index in [-0.39, 0.29) is 35.5 Å². The fraction of sp³-hybridized carbons (Fsp3) is 0.533. The highest BCUT2D eigenvalue weighted by atomic mass is 32.2. The number of hydrogen-bond donors (Lipinski definition) is 0. The number of hydrogen-bond acceptors (Lipinski definition) is 5. The fourth-order valence-corrected chi connectivity index (χ4v) is 4.28. The van der Waals surface area contributed by atoms with Crippen LogP contribution in [-0.4, -0.2) is 54.6 Å². The van der Waals surface area contributed by atoms with Gasteiger partial charge in [0.25, 0.3) is 5.69 Å². The molecule has 3 rings (SSSR count). The number of carbonyl (C=O) groups is 1. The minimum Gasteiger partial charge on any atom is -0.340 e. The molecule has 2 aliphatic rings. The van der Waals surface area contributed by atoms with Crippen LogP contribution in [0.4, 0.5) is 5.69 Å². The van der Waals surface area contributed by atoms with E-state index < -0.39 is 14.9 Å². The second-order valence-corrected chi connectivity index (χ2v) is 8.15. The van der Waals surface area contributed by atoms with Gasteiger partial charge in [-0.05, 0) is 25.8 Å². The molecule has 1 heterocycles. The van der Waals surface area contributed by atoms with Crippen molar-refractivity contribution in [3.05, 3.63) is 33.9 Å². The second kappa shape index (κ2) is 6.14. The molecular formula is C15H19N3O5S. The predicted molar refractivity (Wildman–Crippen MR) is 85.9 cm³/mol. The van der Waals surface area contributed by atoms with E-state index in [9.17, 15) is 23.3 Å². The summed E-state index contributed by atoms with van der Waals surface area (Å²) in [7, 11) is -3.80. The summed E-state index contributed by atoms with van der Waals surface area (Å²) in [5.41, 5.74) is 0.206. The molecule has 1 saturated heterocycles. The normalized spacial score (nSPS) is 19.3. The number of piperazine rings is 1. The van der Waals surface area contributed by atoms with E-state index in [4.69, 9.17) is 0 Å². The third kappa shape index (κ3) is 3.13. The molecule has 1 saturated carbocycles. The second-order valence-electron chi connectivity index (χ2n) is 6.21. The molecule has 1 aromatic rings. The zero-order chi connectivity index (χ0) is 17.5. The van der Waals surface area contributed by atoms with Gasteiger partial charge in [-0.1, -0.05) is 6.07 Å². The SMILES string of the molecule is Cc1ccc(S(=O)(=O)N2CCN(C(=O)C3CC3)CC2)cc1[N+](=O)[O-]. The molecule has 0 bridgehead atoms. The lowest BCUT2D eigenvalue weighted by atomic mass is 10.2. The first-order valence-electron chi connectivity index (χ1n) is 7.84. The van der Waals surface area contributed by atoms with Crippen LogP contribution in [0.2, 0.25) is 0 Å². The van der Waals surface area contributed by atoms with Gasteiger partial charge in [-0.25, -0.2) is 8.42 Å². The van der Waals surface area contributed by atoms with Crippen LogP contribution in [-0.2, 0) is 14.8 Å². The van der Waals surface area contributed by atoms with E-state index in [1.54, 1.807) is 11.8 Å². The molecule has 2 fully saturated rings. The monoisotopic (exact) mass is 353 g/mol. The predicted octanol–water partition coefficient (Wildman–Crippen LogP) is 1.15. The van der Waals surface area contributed by atoms with E-state index >= 15 is 0 Å². The van der Waals surface area contributed by atoms with Crippen molar-refractivity contribution in [2.75, 3.05) is 26.2 Å². The van der Waals surface area contributed by atoms with Crippen molar-refractivity contribution >= 4 is 21.6 Å². The first-order valence-corrected chi connectivity index (χ1v) is 9.28. The summed E-state index contributed by atoms with van der Waals surface area (Å²) in [5, 5.41) is 11.0. The zero-order valence-corrected chi connectivity index (χ0v) is 14.2. The number of aryl methyl sites for hydroxylation is 1. The highest BCUT2D eigenvalue weighted by Crippen LogP contribution is 2.32. The van der Waals surface area contributed by atoms with E-state index in [0.29, 0.717) is 18.7 Å². The van der Waals surface area contributed by atoms with E-state index in [2.05, 4.69) is 0 Å². The molecule has 24 heavy (non-hydrogen) atoms. The molecule has 0 N–H and O–H groups in total. The van der Waals surface area contributed by atoms with Crippen molar-refractivity contribution < 1.29 is 18.1 Å². The third-order valence-electron chi connectivity index (χ3n) is 4.49. The Balaban J connectivity index is 1.75. The topological polar surface area (TPSA) is 101 Å². The van der Waals surface area contributed by atoms with Crippen LogP contribution in [0.5, 0.6) is 0 Å². The number of amides is 1. The molecule has 8 nitrogen and oxygen atoms in total. The molecule has 0 radical (unpaired) electrons. The Bertz CT molecular complexity index is 780. The minimum atomic E-state index is -3.80. The number of nitro groups is 1.